The van der Waals surface area contributed by atoms with Crippen molar-refractivity contribution in [3.63, 3.8) is 0 Å². The van der Waals surface area contributed by atoms with E-state index in [1.165, 1.54) is 57.6 Å². The number of aliphatic hydroxyl groups excluding tert-OH is 1. The molecule has 276 valence electrons. The largest absolute Gasteiger partial charge is 0.459 e. The van der Waals surface area contributed by atoms with Gasteiger partial charge in [0.15, 0.2) is 16.6 Å². The van der Waals surface area contributed by atoms with Crippen LogP contribution < -0.4 is 0 Å². The van der Waals surface area contributed by atoms with Crippen LogP contribution in [-0.4, -0.2) is 51.5 Å². The lowest BCUT2D eigenvalue weighted by molar-refractivity contribution is -0.201. The fraction of sp³-hybridized carbons (Fsp3) is 0.775. The molecule has 3 fully saturated rings. The molecule has 5 nitrogen and oxygen atoms in total. The number of allylic oxidation sites excluding steroid dienone is 6. The molecule has 3 saturated carbocycles. The third-order valence-corrected chi connectivity index (χ3v) is 13.0. The van der Waals surface area contributed by atoms with E-state index in [0.29, 0.717) is 18.2 Å². The highest BCUT2D eigenvalue weighted by atomic mass is 32.2. The number of alkyl halides is 3. The average molecular weight is 709 g/mol. The first-order valence-electron chi connectivity index (χ1n) is 18.8. The second-order valence-electron chi connectivity index (χ2n) is 15.8. The van der Waals surface area contributed by atoms with E-state index in [4.69, 9.17) is 4.74 Å². The Kier molecular flexibility index (Phi) is 13.9. The first kappa shape index (κ1) is 39.9. The predicted octanol–water partition coefficient (Wildman–Crippen LogP) is 10.1. The first-order valence-corrected chi connectivity index (χ1v) is 19.8. The van der Waals surface area contributed by atoms with Crippen molar-refractivity contribution in [3.05, 3.63) is 36.0 Å². The van der Waals surface area contributed by atoms with Crippen molar-refractivity contribution in [3.8, 4) is 0 Å². The lowest BCUT2D eigenvalue weighted by atomic mass is 9.45. The molecular formula is C40H59F3O5S. The van der Waals surface area contributed by atoms with E-state index in [0.717, 1.165) is 44.6 Å². The number of carbonyl (C=O) groups is 3. The summed E-state index contributed by atoms with van der Waals surface area (Å²) >= 11 is 0.491. The normalized spacial score (nSPS) is 36.7. The monoisotopic (exact) mass is 708 g/mol. The smallest absolute Gasteiger partial charge is 0.306 e. The van der Waals surface area contributed by atoms with Crippen LogP contribution in [0.3, 0.4) is 0 Å². The number of hydrogen-bond acceptors (Lipinski definition) is 6. The molecule has 0 aromatic heterocycles. The van der Waals surface area contributed by atoms with E-state index in [1.54, 1.807) is 13.8 Å². The van der Waals surface area contributed by atoms with E-state index in [-0.39, 0.29) is 31.3 Å². The maximum absolute atomic E-state index is 17.6. The molecule has 9 atom stereocenters. The Morgan fingerprint density at radius 1 is 0.959 bits per heavy atom. The molecule has 4 rings (SSSR count). The van der Waals surface area contributed by atoms with Crippen LogP contribution in [0.5, 0.6) is 0 Å². The summed E-state index contributed by atoms with van der Waals surface area (Å²) < 4.78 is 53.1. The van der Waals surface area contributed by atoms with Gasteiger partial charge in [-0.25, -0.2) is 13.2 Å². The summed E-state index contributed by atoms with van der Waals surface area (Å²) in [6, 6.07) is -0.967. The standard InChI is InChI=1S/C40H59F3O5S/c1-5-6-7-8-9-10-11-12-13-14-15-16-17-18-19-20-34(46)48-39(4)25-31-29-24-32(42)30-23-28(44)21-22-38(30,3)40(29,43)33(45)26-37(31,2)35(39)36(47)49-27-41/h12-13,21-23,29,31-33,35,45H,5-11,14-20,24-27H2,1-4H3/b13-12+/t29-,31-,32-,33-,35+,37-,38-,39+,40-/m0/s1. The zero-order valence-corrected chi connectivity index (χ0v) is 30.9. The number of ether oxygens (including phenoxy) is 1. The Morgan fingerprint density at radius 2 is 1.57 bits per heavy atom. The van der Waals surface area contributed by atoms with E-state index in [2.05, 4.69) is 19.1 Å². The highest BCUT2D eigenvalue weighted by Crippen LogP contribution is 2.71. The molecule has 0 aromatic carbocycles. The second-order valence-corrected chi connectivity index (χ2v) is 16.7. The molecular weight excluding hydrogens is 649 g/mol. The number of thioether (sulfide) groups is 1. The van der Waals surface area contributed by atoms with Crippen molar-refractivity contribution in [1.29, 1.82) is 0 Å². The number of fused-ring (bicyclic) bond motifs is 5. The number of hydrogen-bond donors (Lipinski definition) is 1. The molecule has 4 aliphatic carbocycles. The zero-order chi connectivity index (χ0) is 35.9. The van der Waals surface area contributed by atoms with Crippen molar-refractivity contribution in [1.82, 2.24) is 0 Å². The van der Waals surface area contributed by atoms with Crippen LogP contribution in [0.2, 0.25) is 0 Å². The fourth-order valence-electron chi connectivity index (χ4n) is 9.96. The van der Waals surface area contributed by atoms with Crippen LogP contribution in [0.1, 0.15) is 137 Å². The second kappa shape index (κ2) is 17.1. The van der Waals surface area contributed by atoms with Crippen LogP contribution in [0, 0.1) is 28.6 Å². The van der Waals surface area contributed by atoms with Crippen molar-refractivity contribution >= 4 is 28.6 Å². The Morgan fingerprint density at radius 3 is 2.20 bits per heavy atom. The van der Waals surface area contributed by atoms with E-state index >= 15 is 8.78 Å². The van der Waals surface area contributed by atoms with Crippen molar-refractivity contribution in [2.45, 2.75) is 160 Å². The third-order valence-electron chi connectivity index (χ3n) is 12.4. The molecule has 0 aliphatic heterocycles. The average Bonchev–Trinajstić information content (AvgIpc) is 3.27. The fourth-order valence-corrected chi connectivity index (χ4v) is 10.8. The number of unbranched alkanes of at least 4 members (excludes halogenated alkanes) is 11. The molecule has 0 spiro atoms. The van der Waals surface area contributed by atoms with E-state index < -0.39 is 75.0 Å². The molecule has 1 N–H and O–H groups in total. The molecule has 0 saturated heterocycles. The van der Waals surface area contributed by atoms with Gasteiger partial charge in [-0.3, -0.25) is 14.4 Å². The summed E-state index contributed by atoms with van der Waals surface area (Å²) in [5.41, 5.74) is -6.29. The minimum atomic E-state index is -2.32. The minimum Gasteiger partial charge on any atom is -0.459 e. The van der Waals surface area contributed by atoms with Crippen molar-refractivity contribution in [2.75, 3.05) is 6.01 Å². The van der Waals surface area contributed by atoms with Crippen LogP contribution in [0.15, 0.2) is 36.0 Å². The Balaban J connectivity index is 1.34. The SMILES string of the molecule is CCCCCCCC/C=C/CCCCCCCC(=O)O[C@]1(C)C[C@H]2[C@@H]3C[C@H](F)C4=CC(=O)C=C[C@]4(C)[C@@]3(F)[C@@H](O)C[C@]2(C)[C@H]1C(=O)SCF. The van der Waals surface area contributed by atoms with Gasteiger partial charge in [0.2, 0.25) is 0 Å². The lowest BCUT2D eigenvalue weighted by Crippen LogP contribution is -2.68. The minimum absolute atomic E-state index is 0.0224. The number of aliphatic hydroxyl groups is 1. The summed E-state index contributed by atoms with van der Waals surface area (Å²) in [4.78, 5) is 39.0. The van der Waals surface area contributed by atoms with Crippen molar-refractivity contribution < 1.29 is 37.4 Å². The quantitative estimate of drug-likeness (QED) is 0.0868. The molecule has 9 heteroatoms. The molecule has 0 amide bonds. The van der Waals surface area contributed by atoms with Gasteiger partial charge in [0.05, 0.1) is 12.0 Å². The molecule has 0 unspecified atom stereocenters. The number of halogens is 3. The Hall–Kier alpha value is -1.87. The predicted molar refractivity (Wildman–Crippen MR) is 190 cm³/mol. The van der Waals surface area contributed by atoms with Gasteiger partial charge < -0.3 is 9.84 Å². The van der Waals surface area contributed by atoms with Crippen molar-refractivity contribution in [2.24, 2.45) is 28.6 Å². The van der Waals surface area contributed by atoms with Crippen LogP contribution in [-0.2, 0) is 19.1 Å². The topological polar surface area (TPSA) is 80.7 Å². The van der Waals surface area contributed by atoms with Gasteiger partial charge in [0.1, 0.15) is 17.8 Å². The van der Waals surface area contributed by atoms with E-state index in [1.807, 2.05) is 0 Å². The van der Waals surface area contributed by atoms with Crippen LogP contribution in [0.25, 0.3) is 0 Å². The van der Waals surface area contributed by atoms with Gasteiger partial charge in [-0.15, -0.1) is 0 Å². The maximum atomic E-state index is 17.6. The van der Waals surface area contributed by atoms with Gasteiger partial charge in [-0.2, -0.15) is 0 Å². The van der Waals surface area contributed by atoms with Gasteiger partial charge in [0.25, 0.3) is 0 Å². The molecule has 0 radical (unpaired) electrons. The molecule has 0 aromatic rings. The highest BCUT2D eigenvalue weighted by Gasteiger charge is 2.75. The van der Waals surface area contributed by atoms with Crippen LogP contribution in [0.4, 0.5) is 13.2 Å². The number of ketones is 1. The summed E-state index contributed by atoms with van der Waals surface area (Å²) in [7, 11) is 0. The van der Waals surface area contributed by atoms with Gasteiger partial charge in [-0.1, -0.05) is 95.2 Å². The zero-order valence-electron chi connectivity index (χ0n) is 30.1. The summed E-state index contributed by atoms with van der Waals surface area (Å²) in [5, 5.41) is 11.1. The summed E-state index contributed by atoms with van der Waals surface area (Å²) in [5.74, 6) is -3.54. The van der Waals surface area contributed by atoms with E-state index in [9.17, 15) is 23.9 Å². The molecule has 0 heterocycles. The van der Waals surface area contributed by atoms with Gasteiger partial charge in [-0.05, 0) is 94.3 Å². The highest BCUT2D eigenvalue weighted by molar-refractivity contribution is 8.13. The van der Waals surface area contributed by atoms with Gasteiger partial charge in [0, 0.05) is 17.8 Å². The summed E-state index contributed by atoms with van der Waals surface area (Å²) in [6.45, 7) is 7.18. The Bertz CT molecular complexity index is 1270. The first-order chi connectivity index (χ1) is 23.3. The summed E-state index contributed by atoms with van der Waals surface area (Å²) in [6.07, 6.45) is 19.7. The van der Waals surface area contributed by atoms with Crippen LogP contribution >= 0.6 is 11.8 Å². The molecule has 49 heavy (non-hydrogen) atoms. The molecule has 4 aliphatic rings. The maximum Gasteiger partial charge on any atom is 0.306 e. The number of carbonyl (C=O) groups excluding carboxylic acids is 3. The lowest BCUT2D eigenvalue weighted by Gasteiger charge is -2.62. The number of esters is 1. The number of rotatable bonds is 18. The third kappa shape index (κ3) is 8.29. The molecule has 0 bridgehead atoms. The Labute approximate surface area is 296 Å². The van der Waals surface area contributed by atoms with Gasteiger partial charge >= 0.3 is 5.97 Å².